The molecule has 1 fully saturated rings. The van der Waals surface area contributed by atoms with Gasteiger partial charge in [0.05, 0.1) is 43.8 Å². The molecule has 31 heavy (non-hydrogen) atoms. The van der Waals surface area contributed by atoms with Gasteiger partial charge in [0.1, 0.15) is 11.6 Å². The van der Waals surface area contributed by atoms with Crippen LogP contribution in [0.1, 0.15) is 36.3 Å². The van der Waals surface area contributed by atoms with E-state index in [9.17, 15) is 5.11 Å². The lowest BCUT2D eigenvalue weighted by Crippen LogP contribution is -2.21. The number of rotatable bonds is 8. The molecular weight excluding hydrogens is 396 g/mol. The Labute approximate surface area is 180 Å². The summed E-state index contributed by atoms with van der Waals surface area (Å²) in [5.74, 6) is 0.845. The van der Waals surface area contributed by atoms with Gasteiger partial charge in [-0.3, -0.25) is 4.68 Å². The summed E-state index contributed by atoms with van der Waals surface area (Å²) in [7, 11) is 0. The van der Waals surface area contributed by atoms with Gasteiger partial charge in [0.2, 0.25) is 0 Å². The lowest BCUT2D eigenvalue weighted by Gasteiger charge is -2.15. The van der Waals surface area contributed by atoms with E-state index in [4.69, 9.17) is 22.0 Å². The number of ether oxygens (including phenoxy) is 1. The number of hydrogen-bond donors (Lipinski definition) is 3. The van der Waals surface area contributed by atoms with Crippen LogP contribution in [0, 0.1) is 19.4 Å². The van der Waals surface area contributed by atoms with Gasteiger partial charge in [0.25, 0.3) is 5.69 Å². The van der Waals surface area contributed by atoms with Crippen molar-refractivity contribution in [2.24, 2.45) is 5.92 Å². The van der Waals surface area contributed by atoms with E-state index in [-0.39, 0.29) is 24.3 Å². The van der Waals surface area contributed by atoms with Crippen LogP contribution in [-0.2, 0) is 17.6 Å². The summed E-state index contributed by atoms with van der Waals surface area (Å²) in [6, 6.07) is 2.03. The zero-order chi connectivity index (χ0) is 22.0. The van der Waals surface area contributed by atoms with Crippen LogP contribution in [0.4, 0.5) is 17.3 Å². The Hall–Kier alpha value is -3.16. The van der Waals surface area contributed by atoms with Crippen LogP contribution >= 0.6 is 0 Å². The van der Waals surface area contributed by atoms with Gasteiger partial charge in [-0.2, -0.15) is 10.2 Å². The first-order chi connectivity index (χ1) is 15.1. The van der Waals surface area contributed by atoms with Crippen molar-refractivity contribution in [2.45, 2.75) is 39.2 Å². The minimum atomic E-state index is 0.0615. The van der Waals surface area contributed by atoms with Crippen LogP contribution in [0.3, 0.4) is 0 Å². The predicted octanol–water partition coefficient (Wildman–Crippen LogP) is 2.15. The molecular formula is C21H28N8O2. The lowest BCUT2D eigenvalue weighted by molar-refractivity contribution is 0.160. The molecule has 0 spiro atoms. The van der Waals surface area contributed by atoms with E-state index in [1.807, 2.05) is 23.9 Å². The first-order valence-electron chi connectivity index (χ1n) is 10.6. The van der Waals surface area contributed by atoms with Gasteiger partial charge in [-0.05, 0) is 19.4 Å². The third-order valence-electron chi connectivity index (χ3n) is 5.76. The molecule has 1 saturated heterocycles. The smallest absolute Gasteiger partial charge is 0.268 e. The molecule has 4 rings (SSSR count). The molecule has 164 valence electrons. The standard InChI is InChI=1S/C21H28N8O2/c1-4-5-16-13(2)26-29-19(22)18(23-3)20(25-21(16)29)24-8-6-15-7-9-28(27-15)17-12-31-11-14(17)10-30/h7,9,14,17,30H,4-6,8,10-12,22H2,1-2H3,(H,24,25). The molecule has 0 bridgehead atoms. The Morgan fingerprint density at radius 1 is 1.35 bits per heavy atom. The summed E-state index contributed by atoms with van der Waals surface area (Å²) in [6.07, 6.45) is 4.42. The number of aromatic nitrogens is 5. The van der Waals surface area contributed by atoms with E-state index in [0.717, 1.165) is 29.8 Å². The minimum Gasteiger partial charge on any atom is -0.396 e. The number of aliphatic hydroxyl groups excluding tert-OH is 1. The molecule has 3 aromatic rings. The van der Waals surface area contributed by atoms with Crippen molar-refractivity contribution < 1.29 is 9.84 Å². The fourth-order valence-electron chi connectivity index (χ4n) is 4.05. The largest absolute Gasteiger partial charge is 0.396 e. The van der Waals surface area contributed by atoms with Crippen LogP contribution in [0.2, 0.25) is 0 Å². The van der Waals surface area contributed by atoms with Crippen LogP contribution in [0.5, 0.6) is 0 Å². The first-order valence-corrected chi connectivity index (χ1v) is 10.6. The van der Waals surface area contributed by atoms with Crippen molar-refractivity contribution in [3.8, 4) is 0 Å². The van der Waals surface area contributed by atoms with Gasteiger partial charge in [-0.25, -0.2) is 14.3 Å². The fraction of sp³-hybridized carbons (Fsp3) is 0.524. The van der Waals surface area contributed by atoms with Crippen LogP contribution < -0.4 is 11.1 Å². The molecule has 10 nitrogen and oxygen atoms in total. The first kappa shape index (κ1) is 21.1. The molecule has 0 aliphatic carbocycles. The monoisotopic (exact) mass is 424 g/mol. The van der Waals surface area contributed by atoms with Gasteiger partial charge in [0.15, 0.2) is 5.65 Å². The Morgan fingerprint density at radius 3 is 2.94 bits per heavy atom. The van der Waals surface area contributed by atoms with E-state index in [1.54, 1.807) is 4.52 Å². The molecule has 4 heterocycles. The maximum atomic E-state index is 9.50. The lowest BCUT2D eigenvalue weighted by atomic mass is 10.1. The summed E-state index contributed by atoms with van der Waals surface area (Å²) >= 11 is 0. The maximum absolute atomic E-state index is 9.50. The number of hydrogen-bond acceptors (Lipinski definition) is 7. The number of aliphatic hydroxyl groups is 1. The molecule has 1 aliphatic rings. The molecule has 0 aromatic carbocycles. The number of nitrogen functional groups attached to an aromatic ring is 1. The van der Waals surface area contributed by atoms with E-state index in [0.29, 0.717) is 43.5 Å². The third kappa shape index (κ3) is 3.94. The highest BCUT2D eigenvalue weighted by Gasteiger charge is 2.29. The second-order valence-corrected chi connectivity index (χ2v) is 7.87. The van der Waals surface area contributed by atoms with Gasteiger partial charge >= 0.3 is 0 Å². The minimum absolute atomic E-state index is 0.0615. The SMILES string of the molecule is [C-]#[N+]c1c(NCCc2ccn(C3COCC3CO)n2)nc2c(CCC)c(C)nn2c1N. The molecule has 10 heteroatoms. The zero-order valence-electron chi connectivity index (χ0n) is 17.9. The van der Waals surface area contributed by atoms with Gasteiger partial charge in [-0.1, -0.05) is 13.3 Å². The van der Waals surface area contributed by atoms with Crippen molar-refractivity contribution in [3.05, 3.63) is 40.6 Å². The quantitative estimate of drug-likeness (QED) is 0.474. The molecule has 3 aromatic heterocycles. The molecule has 0 saturated carbocycles. The molecule has 4 N–H and O–H groups in total. The summed E-state index contributed by atoms with van der Waals surface area (Å²) in [6.45, 7) is 13.4. The number of nitrogens with two attached hydrogens (primary N) is 1. The number of aryl methyl sites for hydroxylation is 2. The van der Waals surface area contributed by atoms with Crippen molar-refractivity contribution in [1.29, 1.82) is 0 Å². The Morgan fingerprint density at radius 2 is 2.19 bits per heavy atom. The summed E-state index contributed by atoms with van der Waals surface area (Å²) in [5, 5.41) is 21.9. The van der Waals surface area contributed by atoms with E-state index >= 15 is 0 Å². The van der Waals surface area contributed by atoms with Gasteiger partial charge < -0.3 is 20.9 Å². The topological polar surface area (TPSA) is 120 Å². The highest BCUT2D eigenvalue weighted by molar-refractivity contribution is 5.80. The van der Waals surface area contributed by atoms with Gasteiger partial charge in [-0.15, -0.1) is 0 Å². The average molecular weight is 425 g/mol. The molecule has 2 atom stereocenters. The summed E-state index contributed by atoms with van der Waals surface area (Å²) in [4.78, 5) is 8.28. The number of anilines is 2. The van der Waals surface area contributed by atoms with Crippen molar-refractivity contribution in [1.82, 2.24) is 24.4 Å². The molecule has 0 amide bonds. The predicted molar refractivity (Wildman–Crippen MR) is 117 cm³/mol. The van der Waals surface area contributed by atoms with E-state index in [1.165, 1.54) is 0 Å². The average Bonchev–Trinajstić information content (AvgIpc) is 3.48. The van der Waals surface area contributed by atoms with Crippen LogP contribution in [-0.4, -0.2) is 55.9 Å². The number of fused-ring (bicyclic) bond motifs is 1. The fourth-order valence-corrected chi connectivity index (χ4v) is 4.05. The number of nitrogens with zero attached hydrogens (tertiary/aromatic N) is 6. The van der Waals surface area contributed by atoms with Gasteiger partial charge in [0, 0.05) is 30.6 Å². The Kier molecular flexibility index (Phi) is 6.06. The highest BCUT2D eigenvalue weighted by atomic mass is 16.5. The summed E-state index contributed by atoms with van der Waals surface area (Å²) < 4.78 is 8.92. The van der Waals surface area contributed by atoms with E-state index < -0.39 is 0 Å². The second kappa shape index (κ2) is 8.91. The molecule has 2 unspecified atom stereocenters. The normalized spacial score (nSPS) is 18.5. The summed E-state index contributed by atoms with van der Waals surface area (Å²) in [5.41, 5.74) is 10.1. The molecule has 1 aliphatic heterocycles. The Balaban J connectivity index is 1.50. The highest BCUT2D eigenvalue weighted by Crippen LogP contribution is 2.32. The molecule has 0 radical (unpaired) electrons. The third-order valence-corrected chi connectivity index (χ3v) is 5.76. The second-order valence-electron chi connectivity index (χ2n) is 7.87. The number of nitrogens with one attached hydrogen (secondary N) is 1. The van der Waals surface area contributed by atoms with Crippen molar-refractivity contribution >= 4 is 23.0 Å². The maximum Gasteiger partial charge on any atom is 0.268 e. The van der Waals surface area contributed by atoms with E-state index in [2.05, 4.69) is 27.3 Å². The van der Waals surface area contributed by atoms with Crippen LogP contribution in [0.15, 0.2) is 12.3 Å². The van der Waals surface area contributed by atoms with Crippen LogP contribution in [0.25, 0.3) is 10.5 Å². The van der Waals surface area contributed by atoms with Crippen molar-refractivity contribution in [2.75, 3.05) is 37.4 Å². The Bertz CT molecular complexity index is 1110. The zero-order valence-corrected chi connectivity index (χ0v) is 17.9. The van der Waals surface area contributed by atoms with Crippen molar-refractivity contribution in [3.63, 3.8) is 0 Å².